The van der Waals surface area contributed by atoms with E-state index in [0.29, 0.717) is 13.1 Å². The summed E-state index contributed by atoms with van der Waals surface area (Å²) in [4.78, 5) is 12.1. The third-order valence-corrected chi connectivity index (χ3v) is 3.08. The van der Waals surface area contributed by atoms with Crippen LogP contribution < -0.4 is 15.8 Å². The lowest BCUT2D eigenvalue weighted by Gasteiger charge is -2.16. The number of hydrogen-bond donors (Lipinski definition) is 2. The van der Waals surface area contributed by atoms with Crippen LogP contribution in [0.4, 0.5) is 0 Å². The molecule has 1 aromatic carbocycles. The van der Waals surface area contributed by atoms with Gasteiger partial charge >= 0.3 is 0 Å². The molecule has 0 unspecified atom stereocenters. The summed E-state index contributed by atoms with van der Waals surface area (Å²) in [5.74, 6) is 0.453. The zero-order valence-corrected chi connectivity index (χ0v) is 12.1. The van der Waals surface area contributed by atoms with Gasteiger partial charge in [0.05, 0.1) is 25.9 Å². The zero-order chi connectivity index (χ0) is 15.2. The van der Waals surface area contributed by atoms with Gasteiger partial charge in [-0.2, -0.15) is 0 Å². The van der Waals surface area contributed by atoms with Gasteiger partial charge in [-0.3, -0.25) is 9.48 Å². The second-order valence-electron chi connectivity index (χ2n) is 4.59. The molecule has 3 N–H and O–H groups in total. The minimum absolute atomic E-state index is 0.201. The number of ether oxygens (including phenoxy) is 1. The average molecular weight is 289 g/mol. The van der Waals surface area contributed by atoms with Crippen molar-refractivity contribution in [1.29, 1.82) is 0 Å². The lowest BCUT2D eigenvalue weighted by atomic mass is 10.1. The third kappa shape index (κ3) is 3.57. The van der Waals surface area contributed by atoms with Gasteiger partial charge in [0.15, 0.2) is 5.69 Å². The number of carbonyl (C=O) groups excluding carboxylic acids is 1. The molecular formula is C14H19N5O2. The predicted octanol–water partition coefficient (Wildman–Crippen LogP) is 0.736. The predicted molar refractivity (Wildman–Crippen MR) is 78.0 cm³/mol. The van der Waals surface area contributed by atoms with Crippen LogP contribution in [0.3, 0.4) is 0 Å². The lowest BCUT2D eigenvalue weighted by Crippen LogP contribution is -2.27. The molecule has 0 aliphatic carbocycles. The van der Waals surface area contributed by atoms with E-state index in [-0.39, 0.29) is 17.6 Å². The number of nitrogens with zero attached hydrogens (tertiary/aromatic N) is 3. The average Bonchev–Trinajstić information content (AvgIpc) is 2.96. The summed E-state index contributed by atoms with van der Waals surface area (Å²) in [5, 5.41) is 10.6. The highest BCUT2D eigenvalue weighted by Crippen LogP contribution is 2.24. The normalized spacial score (nSPS) is 12.0. The molecule has 2 rings (SSSR count). The van der Waals surface area contributed by atoms with Crippen LogP contribution in [-0.4, -0.2) is 34.6 Å². The molecule has 0 fully saturated rings. The van der Waals surface area contributed by atoms with Crippen molar-refractivity contribution >= 4 is 5.91 Å². The van der Waals surface area contributed by atoms with Gasteiger partial charge < -0.3 is 15.8 Å². The van der Waals surface area contributed by atoms with Crippen molar-refractivity contribution in [2.45, 2.75) is 19.5 Å². The maximum atomic E-state index is 12.1. The molecule has 0 saturated carbocycles. The van der Waals surface area contributed by atoms with Gasteiger partial charge in [-0.05, 0) is 13.0 Å². The molecule has 21 heavy (non-hydrogen) atoms. The van der Waals surface area contributed by atoms with Gasteiger partial charge in [0, 0.05) is 12.1 Å². The standard InChI is InChI=1S/C14H19N5O2/c1-10(11-5-3-4-6-13(11)21-2)16-14(20)12-9-19(8-7-15)18-17-12/h3-6,9-10H,7-8,15H2,1-2H3,(H,16,20)/t10-/m1/s1. The highest BCUT2D eigenvalue weighted by atomic mass is 16.5. The molecule has 0 aliphatic rings. The Morgan fingerprint density at radius 1 is 1.48 bits per heavy atom. The summed E-state index contributed by atoms with van der Waals surface area (Å²) in [6.07, 6.45) is 1.58. The molecule has 0 radical (unpaired) electrons. The molecular weight excluding hydrogens is 270 g/mol. The first-order chi connectivity index (χ1) is 10.2. The van der Waals surface area contributed by atoms with Crippen molar-refractivity contribution in [2.75, 3.05) is 13.7 Å². The van der Waals surface area contributed by atoms with Crippen molar-refractivity contribution in [2.24, 2.45) is 5.73 Å². The number of hydrogen-bond acceptors (Lipinski definition) is 5. The van der Waals surface area contributed by atoms with Crippen molar-refractivity contribution in [3.63, 3.8) is 0 Å². The maximum Gasteiger partial charge on any atom is 0.273 e. The molecule has 0 aliphatic heterocycles. The summed E-state index contributed by atoms with van der Waals surface area (Å²) in [6.45, 7) is 2.87. The van der Waals surface area contributed by atoms with E-state index in [1.54, 1.807) is 18.0 Å². The fourth-order valence-electron chi connectivity index (χ4n) is 2.02. The van der Waals surface area contributed by atoms with Crippen LogP contribution in [0.25, 0.3) is 0 Å². The first kappa shape index (κ1) is 15.0. The molecule has 1 heterocycles. The van der Waals surface area contributed by atoms with E-state index >= 15 is 0 Å². The molecule has 0 saturated heterocycles. The highest BCUT2D eigenvalue weighted by Gasteiger charge is 2.16. The molecule has 2 aromatic rings. The number of para-hydroxylation sites is 1. The minimum Gasteiger partial charge on any atom is -0.496 e. The SMILES string of the molecule is COc1ccccc1[C@@H](C)NC(=O)c1cn(CCN)nn1. The molecule has 1 aromatic heterocycles. The Morgan fingerprint density at radius 2 is 2.24 bits per heavy atom. The van der Waals surface area contributed by atoms with E-state index < -0.39 is 0 Å². The van der Waals surface area contributed by atoms with Gasteiger partial charge in [0.2, 0.25) is 0 Å². The number of nitrogens with two attached hydrogens (primary N) is 1. The van der Waals surface area contributed by atoms with E-state index in [1.165, 1.54) is 0 Å². The number of benzene rings is 1. The van der Waals surface area contributed by atoms with Crippen LogP contribution in [0.15, 0.2) is 30.5 Å². The molecule has 112 valence electrons. The van der Waals surface area contributed by atoms with Crippen LogP contribution >= 0.6 is 0 Å². The highest BCUT2D eigenvalue weighted by molar-refractivity contribution is 5.92. The Labute approximate surface area is 123 Å². The Kier molecular flexibility index (Phi) is 4.89. The van der Waals surface area contributed by atoms with Gasteiger partial charge in [-0.25, -0.2) is 0 Å². The van der Waals surface area contributed by atoms with Crippen LogP contribution in [0, 0.1) is 0 Å². The van der Waals surface area contributed by atoms with Crippen molar-refractivity contribution in [3.05, 3.63) is 41.7 Å². The van der Waals surface area contributed by atoms with Crippen LogP contribution in [0.1, 0.15) is 29.0 Å². The first-order valence-electron chi connectivity index (χ1n) is 6.69. The smallest absolute Gasteiger partial charge is 0.273 e. The number of aromatic nitrogens is 3. The molecule has 1 amide bonds. The van der Waals surface area contributed by atoms with E-state index in [2.05, 4.69) is 15.6 Å². The van der Waals surface area contributed by atoms with E-state index in [0.717, 1.165) is 11.3 Å². The first-order valence-corrected chi connectivity index (χ1v) is 6.69. The second kappa shape index (κ2) is 6.85. The van der Waals surface area contributed by atoms with Crippen LogP contribution in [0.2, 0.25) is 0 Å². The Morgan fingerprint density at radius 3 is 2.95 bits per heavy atom. The number of nitrogens with one attached hydrogen (secondary N) is 1. The minimum atomic E-state index is -0.281. The summed E-state index contributed by atoms with van der Waals surface area (Å²) in [7, 11) is 1.60. The molecule has 7 heteroatoms. The van der Waals surface area contributed by atoms with Crippen LogP contribution in [0.5, 0.6) is 5.75 Å². The number of amides is 1. The maximum absolute atomic E-state index is 12.1. The molecule has 0 bridgehead atoms. The number of rotatable bonds is 6. The fraction of sp³-hybridized carbons (Fsp3) is 0.357. The van der Waals surface area contributed by atoms with Gasteiger partial charge in [-0.1, -0.05) is 23.4 Å². The summed E-state index contributed by atoms with van der Waals surface area (Å²) >= 11 is 0. The summed E-state index contributed by atoms with van der Waals surface area (Å²) < 4.78 is 6.84. The second-order valence-corrected chi connectivity index (χ2v) is 4.59. The van der Waals surface area contributed by atoms with Gasteiger partial charge in [0.1, 0.15) is 5.75 Å². The summed E-state index contributed by atoms with van der Waals surface area (Å²) in [5.41, 5.74) is 6.61. The monoisotopic (exact) mass is 289 g/mol. The van der Waals surface area contributed by atoms with Crippen LogP contribution in [-0.2, 0) is 6.54 Å². The van der Waals surface area contributed by atoms with E-state index in [9.17, 15) is 4.79 Å². The largest absolute Gasteiger partial charge is 0.496 e. The third-order valence-electron chi connectivity index (χ3n) is 3.08. The summed E-state index contributed by atoms with van der Waals surface area (Å²) in [6, 6.07) is 7.35. The lowest BCUT2D eigenvalue weighted by molar-refractivity contribution is 0.0934. The molecule has 0 spiro atoms. The Balaban J connectivity index is 2.07. The van der Waals surface area contributed by atoms with E-state index in [4.69, 9.17) is 10.5 Å². The Bertz CT molecular complexity index is 611. The van der Waals surface area contributed by atoms with Gasteiger partial charge in [-0.15, -0.1) is 5.10 Å². The topological polar surface area (TPSA) is 95.1 Å². The van der Waals surface area contributed by atoms with Crippen molar-refractivity contribution < 1.29 is 9.53 Å². The molecule has 7 nitrogen and oxygen atoms in total. The van der Waals surface area contributed by atoms with Crippen molar-refractivity contribution in [1.82, 2.24) is 20.3 Å². The number of methoxy groups -OCH3 is 1. The van der Waals surface area contributed by atoms with E-state index in [1.807, 2.05) is 31.2 Å². The van der Waals surface area contributed by atoms with Gasteiger partial charge in [0.25, 0.3) is 5.91 Å². The zero-order valence-electron chi connectivity index (χ0n) is 12.1. The Hall–Kier alpha value is -2.41. The molecule has 1 atom stereocenters. The fourth-order valence-corrected chi connectivity index (χ4v) is 2.02. The quantitative estimate of drug-likeness (QED) is 0.817. The number of carbonyl (C=O) groups is 1. The van der Waals surface area contributed by atoms with Crippen molar-refractivity contribution in [3.8, 4) is 5.75 Å².